The molecule has 0 atom stereocenters. The summed E-state index contributed by atoms with van der Waals surface area (Å²) in [7, 11) is 0. The van der Waals surface area contributed by atoms with E-state index in [0.717, 1.165) is 12.2 Å². The number of hydrogen-bond acceptors (Lipinski definition) is 5. The van der Waals surface area contributed by atoms with Crippen molar-refractivity contribution in [1.82, 2.24) is 10.1 Å². The molecule has 5 heteroatoms. The maximum Gasteiger partial charge on any atom is 0.227 e. The molecule has 0 aliphatic carbocycles. The van der Waals surface area contributed by atoms with Crippen LogP contribution in [0.15, 0.2) is 27.3 Å². The quantitative estimate of drug-likeness (QED) is 0.789. The zero-order valence-corrected chi connectivity index (χ0v) is 8.35. The molecule has 2 heterocycles. The average molecular weight is 207 g/mol. The summed E-state index contributed by atoms with van der Waals surface area (Å²) in [5, 5.41) is 3.81. The maximum absolute atomic E-state index is 5.38. The molecular formula is C10H13N3O2. The second kappa shape index (κ2) is 4.75. The summed E-state index contributed by atoms with van der Waals surface area (Å²) in [4.78, 5) is 4.20. The van der Waals surface area contributed by atoms with Gasteiger partial charge in [-0.2, -0.15) is 4.98 Å². The van der Waals surface area contributed by atoms with E-state index < -0.39 is 0 Å². The molecule has 0 unspecified atom stereocenters. The van der Waals surface area contributed by atoms with Crippen molar-refractivity contribution in [3.63, 3.8) is 0 Å². The van der Waals surface area contributed by atoms with Crippen molar-refractivity contribution < 1.29 is 8.94 Å². The standard InChI is InChI=1S/C10H13N3O2/c11-6-5-9-12-10(15-13-9)4-3-8-2-1-7-14-8/h1-2,7H,3-6,11H2. The molecule has 0 radical (unpaired) electrons. The van der Waals surface area contributed by atoms with E-state index in [1.165, 1.54) is 0 Å². The Bertz CT molecular complexity index is 394. The minimum Gasteiger partial charge on any atom is -0.469 e. The number of furan rings is 1. The second-order valence-corrected chi connectivity index (χ2v) is 3.22. The first-order valence-corrected chi connectivity index (χ1v) is 4.92. The molecule has 2 aromatic heterocycles. The van der Waals surface area contributed by atoms with Crippen LogP contribution in [0.1, 0.15) is 17.5 Å². The number of rotatable bonds is 5. The Morgan fingerprint density at radius 3 is 2.93 bits per heavy atom. The largest absolute Gasteiger partial charge is 0.469 e. The van der Waals surface area contributed by atoms with Gasteiger partial charge in [-0.15, -0.1) is 0 Å². The molecule has 0 aliphatic rings. The first-order valence-electron chi connectivity index (χ1n) is 4.92. The molecule has 0 spiro atoms. The molecule has 0 aliphatic heterocycles. The topological polar surface area (TPSA) is 78.1 Å². The molecule has 80 valence electrons. The van der Waals surface area contributed by atoms with Crippen LogP contribution in [-0.4, -0.2) is 16.7 Å². The van der Waals surface area contributed by atoms with Crippen LogP contribution in [0.3, 0.4) is 0 Å². The van der Waals surface area contributed by atoms with Crippen LogP contribution in [0.5, 0.6) is 0 Å². The Labute approximate surface area is 87.3 Å². The van der Waals surface area contributed by atoms with Crippen LogP contribution in [0, 0.1) is 0 Å². The molecule has 0 amide bonds. The maximum atomic E-state index is 5.38. The summed E-state index contributed by atoms with van der Waals surface area (Å²) in [5.41, 5.74) is 5.38. The van der Waals surface area contributed by atoms with Crippen molar-refractivity contribution in [1.29, 1.82) is 0 Å². The normalized spacial score (nSPS) is 10.7. The Morgan fingerprint density at radius 1 is 1.27 bits per heavy atom. The van der Waals surface area contributed by atoms with E-state index in [0.29, 0.717) is 31.1 Å². The molecule has 0 saturated carbocycles. The zero-order valence-electron chi connectivity index (χ0n) is 8.35. The smallest absolute Gasteiger partial charge is 0.227 e. The molecule has 2 N–H and O–H groups in total. The summed E-state index contributed by atoms with van der Waals surface area (Å²) >= 11 is 0. The van der Waals surface area contributed by atoms with Gasteiger partial charge >= 0.3 is 0 Å². The first-order chi connectivity index (χ1) is 7.38. The molecule has 5 nitrogen and oxygen atoms in total. The van der Waals surface area contributed by atoms with Crippen molar-refractivity contribution in [2.24, 2.45) is 5.73 Å². The van der Waals surface area contributed by atoms with E-state index in [4.69, 9.17) is 14.7 Å². The summed E-state index contributed by atoms with van der Waals surface area (Å²) < 4.78 is 10.3. The van der Waals surface area contributed by atoms with Gasteiger partial charge in [0.2, 0.25) is 5.89 Å². The highest BCUT2D eigenvalue weighted by molar-refractivity contribution is 5.00. The monoisotopic (exact) mass is 207 g/mol. The molecule has 0 bridgehead atoms. The van der Waals surface area contributed by atoms with Crippen LogP contribution in [-0.2, 0) is 19.3 Å². The number of nitrogens with zero attached hydrogens (tertiary/aromatic N) is 2. The highest BCUT2D eigenvalue weighted by Gasteiger charge is 2.06. The summed E-state index contributed by atoms with van der Waals surface area (Å²) in [6.07, 6.45) is 3.79. The van der Waals surface area contributed by atoms with Crippen molar-refractivity contribution in [2.75, 3.05) is 6.54 Å². The van der Waals surface area contributed by atoms with Crippen molar-refractivity contribution >= 4 is 0 Å². The van der Waals surface area contributed by atoms with E-state index in [-0.39, 0.29) is 0 Å². The van der Waals surface area contributed by atoms with Crippen molar-refractivity contribution in [2.45, 2.75) is 19.3 Å². The Balaban J connectivity index is 1.88. The highest BCUT2D eigenvalue weighted by Crippen LogP contribution is 2.06. The lowest BCUT2D eigenvalue weighted by Gasteiger charge is -1.90. The van der Waals surface area contributed by atoms with Gasteiger partial charge in [0.15, 0.2) is 5.82 Å². The van der Waals surface area contributed by atoms with E-state index in [2.05, 4.69) is 10.1 Å². The Kier molecular flexibility index (Phi) is 3.14. The van der Waals surface area contributed by atoms with Gasteiger partial charge in [-0.1, -0.05) is 5.16 Å². The zero-order chi connectivity index (χ0) is 10.5. The number of hydrogen-bond donors (Lipinski definition) is 1. The fourth-order valence-electron chi connectivity index (χ4n) is 1.31. The summed E-state index contributed by atoms with van der Waals surface area (Å²) in [6.45, 7) is 0.539. The molecule has 0 saturated heterocycles. The molecule has 2 rings (SSSR count). The van der Waals surface area contributed by atoms with Gasteiger partial charge in [0.05, 0.1) is 6.26 Å². The molecule has 2 aromatic rings. The van der Waals surface area contributed by atoms with Crippen LogP contribution in [0.4, 0.5) is 0 Å². The molecule has 0 fully saturated rings. The van der Waals surface area contributed by atoms with Crippen LogP contribution < -0.4 is 5.73 Å². The number of nitrogens with two attached hydrogens (primary N) is 1. The van der Waals surface area contributed by atoms with Crippen LogP contribution in [0.25, 0.3) is 0 Å². The highest BCUT2D eigenvalue weighted by atomic mass is 16.5. The predicted octanol–water partition coefficient (Wildman–Crippen LogP) is 0.949. The van der Waals surface area contributed by atoms with Crippen molar-refractivity contribution in [3.05, 3.63) is 35.9 Å². The van der Waals surface area contributed by atoms with E-state index in [9.17, 15) is 0 Å². The fraction of sp³-hybridized carbons (Fsp3) is 0.400. The van der Waals surface area contributed by atoms with Crippen LogP contribution in [0.2, 0.25) is 0 Å². The van der Waals surface area contributed by atoms with Gasteiger partial charge in [0.1, 0.15) is 5.76 Å². The van der Waals surface area contributed by atoms with E-state index in [1.54, 1.807) is 6.26 Å². The Hall–Kier alpha value is -1.62. The molecule has 0 aromatic carbocycles. The van der Waals surface area contributed by atoms with Gasteiger partial charge in [-0.25, -0.2) is 0 Å². The summed E-state index contributed by atoms with van der Waals surface area (Å²) in [6, 6.07) is 3.79. The minimum atomic E-state index is 0.539. The minimum absolute atomic E-state index is 0.539. The van der Waals surface area contributed by atoms with Gasteiger partial charge in [0.25, 0.3) is 0 Å². The van der Waals surface area contributed by atoms with Gasteiger partial charge in [-0.05, 0) is 18.7 Å². The molecule has 15 heavy (non-hydrogen) atoms. The third-order valence-electron chi connectivity index (χ3n) is 2.04. The van der Waals surface area contributed by atoms with Gasteiger partial charge in [0, 0.05) is 19.3 Å². The van der Waals surface area contributed by atoms with E-state index in [1.807, 2.05) is 12.1 Å². The SMILES string of the molecule is NCCc1noc(CCc2ccco2)n1. The lowest BCUT2D eigenvalue weighted by Crippen LogP contribution is -2.04. The predicted molar refractivity (Wildman–Crippen MR) is 53.2 cm³/mol. The Morgan fingerprint density at radius 2 is 2.20 bits per heavy atom. The summed E-state index contributed by atoms with van der Waals surface area (Å²) in [5.74, 6) is 2.23. The number of aromatic nitrogens is 2. The number of aryl methyl sites for hydroxylation is 2. The van der Waals surface area contributed by atoms with Crippen LogP contribution >= 0.6 is 0 Å². The van der Waals surface area contributed by atoms with Crippen molar-refractivity contribution in [3.8, 4) is 0 Å². The lowest BCUT2D eigenvalue weighted by atomic mass is 10.2. The molecular weight excluding hydrogens is 194 g/mol. The van der Waals surface area contributed by atoms with Gasteiger partial charge < -0.3 is 14.7 Å². The van der Waals surface area contributed by atoms with Gasteiger partial charge in [-0.3, -0.25) is 0 Å². The lowest BCUT2D eigenvalue weighted by molar-refractivity contribution is 0.369. The average Bonchev–Trinajstić information content (AvgIpc) is 2.85. The first kappa shape index (κ1) is 9.92. The third kappa shape index (κ3) is 2.66. The second-order valence-electron chi connectivity index (χ2n) is 3.22. The van der Waals surface area contributed by atoms with E-state index >= 15 is 0 Å². The third-order valence-corrected chi connectivity index (χ3v) is 2.04. The fourth-order valence-corrected chi connectivity index (χ4v) is 1.31.